The topological polar surface area (TPSA) is 116 Å². The number of ether oxygens (including phenoxy) is 2. The molecular weight excluding hydrogens is 599 g/mol. The average Bonchev–Trinajstić information content (AvgIpc) is 3.23. The van der Waals surface area contributed by atoms with E-state index in [0.717, 1.165) is 24.8 Å². The molecule has 4 fully saturated rings. The number of ketones is 1. The number of halogens is 1. The normalized spacial score (nSPS) is 46.4. The molecule has 3 saturated carbocycles. The van der Waals surface area contributed by atoms with Crippen molar-refractivity contribution in [3.63, 3.8) is 0 Å². The predicted octanol–water partition coefficient (Wildman–Crippen LogP) is 0.656. The van der Waals surface area contributed by atoms with Crippen LogP contribution in [0.15, 0.2) is 11.6 Å². The Labute approximate surface area is 238 Å². The van der Waals surface area contributed by atoms with Crippen LogP contribution in [0, 0.1) is 28.6 Å². The molecule has 0 bridgehead atoms. The summed E-state index contributed by atoms with van der Waals surface area (Å²) in [4.78, 5) is 13.7. The number of carbonyl (C=O) groups excluding carboxylic acids is 1. The van der Waals surface area contributed by atoms with E-state index in [0.29, 0.717) is 32.1 Å². The molecular formula is C30H48IO7-. The molecule has 0 aromatic heterocycles. The minimum absolute atomic E-state index is 0.0524. The molecule has 7 nitrogen and oxygen atoms in total. The summed E-state index contributed by atoms with van der Waals surface area (Å²) >= 11 is -1.28. The van der Waals surface area contributed by atoms with Gasteiger partial charge in [-0.3, -0.25) is 0 Å². The van der Waals surface area contributed by atoms with Gasteiger partial charge in [-0.25, -0.2) is 0 Å². The van der Waals surface area contributed by atoms with Gasteiger partial charge in [0.2, 0.25) is 0 Å². The van der Waals surface area contributed by atoms with Gasteiger partial charge in [0, 0.05) is 0 Å². The molecule has 5 aliphatic rings. The summed E-state index contributed by atoms with van der Waals surface area (Å²) in [5.74, 6) is -0.847. The van der Waals surface area contributed by atoms with Crippen LogP contribution in [-0.4, -0.2) is 63.3 Å². The number of hydrogen-bond donors (Lipinski definition) is 4. The zero-order chi connectivity index (χ0) is 28.1. The Morgan fingerprint density at radius 1 is 1.05 bits per heavy atom. The van der Waals surface area contributed by atoms with Gasteiger partial charge < -0.3 is 0 Å². The van der Waals surface area contributed by atoms with E-state index in [1.54, 1.807) is 19.9 Å². The summed E-state index contributed by atoms with van der Waals surface area (Å²) in [6.45, 7) is 13.5. The van der Waals surface area contributed by atoms with Crippen molar-refractivity contribution in [2.45, 2.75) is 139 Å². The third kappa shape index (κ3) is 4.38. The van der Waals surface area contributed by atoms with Crippen LogP contribution in [0.1, 0.15) is 99.8 Å². The van der Waals surface area contributed by atoms with Crippen molar-refractivity contribution in [3.05, 3.63) is 11.6 Å². The molecule has 0 spiro atoms. The average molecular weight is 648 g/mol. The van der Waals surface area contributed by atoms with Crippen molar-refractivity contribution in [2.24, 2.45) is 28.6 Å². The van der Waals surface area contributed by atoms with E-state index in [1.165, 1.54) is 0 Å². The summed E-state index contributed by atoms with van der Waals surface area (Å²) in [6, 6.07) is 0. The molecule has 1 saturated heterocycles. The number of alkyl halides is 1. The van der Waals surface area contributed by atoms with Gasteiger partial charge in [-0.15, -0.1) is 0 Å². The maximum absolute atomic E-state index is 13.7. The number of fused-ring (bicyclic) bond motifs is 6. The Balaban J connectivity index is 1.45. The van der Waals surface area contributed by atoms with Gasteiger partial charge in [0.1, 0.15) is 0 Å². The Hall–Kier alpha value is -0.100. The van der Waals surface area contributed by atoms with Crippen LogP contribution in [0.4, 0.5) is 0 Å². The fourth-order valence-corrected chi connectivity index (χ4v) is 11.0. The van der Waals surface area contributed by atoms with E-state index in [1.807, 2.05) is 20.8 Å². The summed E-state index contributed by atoms with van der Waals surface area (Å²) in [7, 11) is 0. The second kappa shape index (κ2) is 9.20. The van der Waals surface area contributed by atoms with Crippen molar-refractivity contribution in [2.75, 3.05) is 0 Å². The van der Waals surface area contributed by atoms with Gasteiger partial charge in [0.15, 0.2) is 0 Å². The zero-order valence-corrected chi connectivity index (χ0v) is 26.2. The van der Waals surface area contributed by atoms with Crippen LogP contribution < -0.4 is 21.6 Å². The van der Waals surface area contributed by atoms with Crippen molar-refractivity contribution < 1.29 is 54.6 Å². The number of carbonyl (C=O) groups is 1. The number of allylic oxidation sites excluding steroid dienone is 1. The molecule has 4 N–H and O–H groups in total. The number of hydrogen-bond acceptors (Lipinski definition) is 7. The van der Waals surface area contributed by atoms with Gasteiger partial charge >= 0.3 is 225 Å². The summed E-state index contributed by atoms with van der Waals surface area (Å²) in [5.41, 5.74) is -3.28. The Morgan fingerprint density at radius 3 is 2.34 bits per heavy atom. The molecule has 10 atom stereocenters. The van der Waals surface area contributed by atoms with E-state index >= 15 is 0 Å². The summed E-state index contributed by atoms with van der Waals surface area (Å²) in [5, 5.41) is 34.8. The molecule has 38 heavy (non-hydrogen) atoms. The Bertz CT molecular complexity index is 1000. The van der Waals surface area contributed by atoms with E-state index in [9.17, 15) is 23.6 Å². The minimum atomic E-state index is -1.28. The molecule has 1 heterocycles. The van der Waals surface area contributed by atoms with Crippen LogP contribution >= 0.6 is 0 Å². The van der Waals surface area contributed by atoms with Crippen molar-refractivity contribution in [1.29, 1.82) is 0 Å². The van der Waals surface area contributed by atoms with E-state index < -0.39 is 49.6 Å². The zero-order valence-electron chi connectivity index (χ0n) is 24.1. The Morgan fingerprint density at radius 2 is 1.71 bits per heavy atom. The molecule has 0 amide bonds. The van der Waals surface area contributed by atoms with Gasteiger partial charge in [-0.1, -0.05) is 0 Å². The van der Waals surface area contributed by atoms with E-state index in [4.69, 9.17) is 9.47 Å². The molecule has 0 aromatic carbocycles. The monoisotopic (exact) mass is 647 g/mol. The van der Waals surface area contributed by atoms with Gasteiger partial charge in [0.25, 0.3) is 0 Å². The van der Waals surface area contributed by atoms with Crippen molar-refractivity contribution in [1.82, 2.24) is 0 Å². The van der Waals surface area contributed by atoms with Gasteiger partial charge in [0.05, 0.1) is 0 Å². The van der Waals surface area contributed by atoms with Crippen LogP contribution in [0.5, 0.6) is 0 Å². The molecule has 1 aliphatic heterocycles. The molecule has 9 unspecified atom stereocenters. The van der Waals surface area contributed by atoms with Crippen LogP contribution in [0.3, 0.4) is 0 Å². The van der Waals surface area contributed by atoms with Crippen LogP contribution in [-0.2, 0) is 14.3 Å². The predicted molar refractivity (Wildman–Crippen MR) is 138 cm³/mol. The first-order valence-corrected chi connectivity index (χ1v) is 16.6. The van der Waals surface area contributed by atoms with E-state index in [2.05, 4.69) is 13.8 Å². The molecule has 0 radical (unpaired) electrons. The first kappa shape index (κ1) is 29.4. The second-order valence-corrected chi connectivity index (χ2v) is 16.9. The van der Waals surface area contributed by atoms with Crippen LogP contribution in [0.25, 0.3) is 0 Å². The quantitative estimate of drug-likeness (QED) is 0.248. The Kier molecular flexibility index (Phi) is 7.12. The number of rotatable bonds is 6. The first-order chi connectivity index (χ1) is 17.4. The molecule has 0 aromatic rings. The third-order valence-electron chi connectivity index (χ3n) is 11.4. The summed E-state index contributed by atoms with van der Waals surface area (Å²) in [6.07, 6.45) is 6.79. The third-order valence-corrected chi connectivity index (χ3v) is 14.0. The second-order valence-electron chi connectivity index (χ2n) is 14.8. The molecule has 4 aliphatic carbocycles. The van der Waals surface area contributed by atoms with Gasteiger partial charge in [-0.2, -0.15) is 0 Å². The fraction of sp³-hybridized carbons (Fsp3) is 0.900. The van der Waals surface area contributed by atoms with Crippen molar-refractivity contribution >= 4 is 5.78 Å². The van der Waals surface area contributed by atoms with Gasteiger partial charge in [-0.05, 0) is 13.8 Å². The summed E-state index contributed by atoms with van der Waals surface area (Å²) < 4.78 is 22.5. The first-order valence-electron chi connectivity index (χ1n) is 14.4. The maximum atomic E-state index is 13.7. The number of aliphatic hydroxyl groups is 3. The van der Waals surface area contributed by atoms with Crippen molar-refractivity contribution in [3.8, 4) is 0 Å². The SMILES string of the molecule is CC(C)(O)CCC([I-]O)[C@](C)(O)C1CCC2(O)C3=CC(=O)C4CC5OC(C)(C)OC5CC4(C)C3CCC12C. The molecule has 5 rings (SSSR count). The van der Waals surface area contributed by atoms with E-state index in [-0.39, 0.29) is 45.1 Å². The molecule has 8 heteroatoms. The fourth-order valence-electron chi connectivity index (χ4n) is 9.41. The standard InChI is InChI=1S/C30H48IO7/c1-25(2,33)11-10-24(31-36)29(7,34)23-9-13-30(35)18-14-20(32)19-15-21-22(38-26(3,4)37-21)16-27(19,5)17(18)8-12-28(23,30)6/h14,17,19,21-24,33-36H,8-13,15-16H2,1-7H3/q-1/t17?,19?,21?,22?,23?,24?,27?,28?,29-,30?/m1/s1. The molecule has 218 valence electrons. The van der Waals surface area contributed by atoms with Crippen LogP contribution in [0.2, 0.25) is 0 Å².